The van der Waals surface area contributed by atoms with E-state index in [1.165, 1.54) is 7.11 Å². The van der Waals surface area contributed by atoms with E-state index < -0.39 is 6.16 Å². The van der Waals surface area contributed by atoms with Gasteiger partial charge in [0.25, 0.3) is 0 Å². The van der Waals surface area contributed by atoms with Crippen LogP contribution in [0, 0.1) is 0 Å². The summed E-state index contributed by atoms with van der Waals surface area (Å²) in [6.45, 7) is 0. The number of thiol groups is 1. The van der Waals surface area contributed by atoms with E-state index in [0.717, 1.165) is 5.56 Å². The first-order valence-corrected chi connectivity index (χ1v) is 4.35. The molecule has 3 nitrogen and oxygen atoms in total. The molecule has 0 spiro atoms. The Morgan fingerprint density at radius 1 is 1.38 bits per heavy atom. The lowest BCUT2D eigenvalue weighted by Crippen LogP contribution is -2.06. The molecule has 0 aliphatic heterocycles. The van der Waals surface area contributed by atoms with E-state index in [1.807, 2.05) is 12.1 Å². The molecular formula is C9H10O3S. The van der Waals surface area contributed by atoms with E-state index in [1.54, 1.807) is 12.1 Å². The predicted molar refractivity (Wildman–Crippen MR) is 52.2 cm³/mol. The van der Waals surface area contributed by atoms with Crippen LogP contribution in [0.15, 0.2) is 24.3 Å². The number of hydrogen-bond donors (Lipinski definition) is 1. The van der Waals surface area contributed by atoms with Crippen LogP contribution in [0.2, 0.25) is 0 Å². The highest BCUT2D eigenvalue weighted by molar-refractivity contribution is 7.79. The minimum Gasteiger partial charge on any atom is -0.437 e. The fourth-order valence-electron chi connectivity index (χ4n) is 0.801. The Bertz CT molecular complexity index is 281. The minimum atomic E-state index is -0.710. The van der Waals surface area contributed by atoms with Crippen LogP contribution in [0.25, 0.3) is 0 Å². The van der Waals surface area contributed by atoms with E-state index >= 15 is 0 Å². The molecule has 0 bridgehead atoms. The topological polar surface area (TPSA) is 35.5 Å². The molecule has 1 aromatic rings. The molecule has 0 aliphatic rings. The first kappa shape index (κ1) is 9.92. The van der Waals surface area contributed by atoms with Crippen molar-refractivity contribution in [2.45, 2.75) is 5.75 Å². The number of methoxy groups -OCH3 is 1. The van der Waals surface area contributed by atoms with Crippen molar-refractivity contribution in [2.75, 3.05) is 7.11 Å². The van der Waals surface area contributed by atoms with E-state index in [9.17, 15) is 4.79 Å². The first-order valence-electron chi connectivity index (χ1n) is 3.72. The van der Waals surface area contributed by atoms with Gasteiger partial charge in [-0.05, 0) is 17.7 Å². The summed E-state index contributed by atoms with van der Waals surface area (Å²) in [4.78, 5) is 10.7. The van der Waals surface area contributed by atoms with Crippen molar-refractivity contribution >= 4 is 18.8 Å². The van der Waals surface area contributed by atoms with Gasteiger partial charge in [0, 0.05) is 5.75 Å². The molecule has 1 rings (SSSR count). The fraction of sp³-hybridized carbons (Fsp3) is 0.222. The number of benzene rings is 1. The van der Waals surface area contributed by atoms with Gasteiger partial charge < -0.3 is 9.47 Å². The second-order valence-electron chi connectivity index (χ2n) is 2.36. The first-order chi connectivity index (χ1) is 6.26. The maximum Gasteiger partial charge on any atom is 0.513 e. The second-order valence-corrected chi connectivity index (χ2v) is 2.67. The van der Waals surface area contributed by atoms with Crippen molar-refractivity contribution in [1.29, 1.82) is 0 Å². The lowest BCUT2D eigenvalue weighted by atomic mass is 10.2. The molecule has 0 radical (unpaired) electrons. The summed E-state index contributed by atoms with van der Waals surface area (Å²) in [5.74, 6) is 1.13. The molecular weight excluding hydrogens is 188 g/mol. The summed E-state index contributed by atoms with van der Waals surface area (Å²) in [5.41, 5.74) is 1.07. The van der Waals surface area contributed by atoms with Crippen LogP contribution in [0.4, 0.5) is 4.79 Å². The molecule has 13 heavy (non-hydrogen) atoms. The van der Waals surface area contributed by atoms with Gasteiger partial charge in [0.2, 0.25) is 0 Å². The highest BCUT2D eigenvalue weighted by atomic mass is 32.1. The Morgan fingerprint density at radius 2 is 2.00 bits per heavy atom. The number of ether oxygens (including phenoxy) is 2. The van der Waals surface area contributed by atoms with Crippen molar-refractivity contribution in [2.24, 2.45) is 0 Å². The van der Waals surface area contributed by atoms with Gasteiger partial charge >= 0.3 is 6.16 Å². The average Bonchev–Trinajstić information content (AvgIpc) is 2.19. The van der Waals surface area contributed by atoms with Crippen molar-refractivity contribution in [3.05, 3.63) is 29.8 Å². The maximum atomic E-state index is 10.7. The molecule has 0 heterocycles. The number of carbonyl (C=O) groups excluding carboxylic acids is 1. The van der Waals surface area contributed by atoms with Gasteiger partial charge in [-0.1, -0.05) is 12.1 Å². The molecule has 0 atom stereocenters. The van der Waals surface area contributed by atoms with Crippen LogP contribution >= 0.6 is 12.6 Å². The molecule has 0 amide bonds. The Balaban J connectivity index is 2.64. The minimum absolute atomic E-state index is 0.470. The third-order valence-electron chi connectivity index (χ3n) is 1.47. The largest absolute Gasteiger partial charge is 0.513 e. The lowest BCUT2D eigenvalue weighted by molar-refractivity contribution is 0.121. The summed E-state index contributed by atoms with van der Waals surface area (Å²) in [7, 11) is 1.27. The average molecular weight is 198 g/mol. The van der Waals surface area contributed by atoms with Gasteiger partial charge in [-0.3, -0.25) is 0 Å². The zero-order valence-corrected chi connectivity index (χ0v) is 8.08. The summed E-state index contributed by atoms with van der Waals surface area (Å²) in [6, 6.07) is 7.07. The predicted octanol–water partition coefficient (Wildman–Crippen LogP) is 2.26. The van der Waals surface area contributed by atoms with Crippen molar-refractivity contribution in [1.82, 2.24) is 0 Å². The highest BCUT2D eigenvalue weighted by Crippen LogP contribution is 2.13. The van der Waals surface area contributed by atoms with Crippen LogP contribution in [-0.2, 0) is 10.5 Å². The van der Waals surface area contributed by atoms with Gasteiger partial charge in [0.15, 0.2) is 0 Å². The summed E-state index contributed by atoms with van der Waals surface area (Å²) >= 11 is 4.10. The zero-order chi connectivity index (χ0) is 9.68. The quantitative estimate of drug-likeness (QED) is 0.450. The van der Waals surface area contributed by atoms with E-state index in [0.29, 0.717) is 11.5 Å². The standard InChI is InChI=1S/C9H10O3S/c1-11-9(10)12-8-4-2-7(6-13)3-5-8/h2-5,13H,6H2,1H3. The molecule has 0 aromatic heterocycles. The van der Waals surface area contributed by atoms with Crippen LogP contribution in [0.5, 0.6) is 5.75 Å². The molecule has 0 saturated carbocycles. The molecule has 0 aliphatic carbocycles. The van der Waals surface area contributed by atoms with Crippen LogP contribution < -0.4 is 4.74 Å². The third kappa shape index (κ3) is 2.99. The van der Waals surface area contributed by atoms with Crippen molar-refractivity contribution in [3.8, 4) is 5.75 Å². The van der Waals surface area contributed by atoms with Gasteiger partial charge in [-0.2, -0.15) is 12.6 Å². The summed E-state index contributed by atoms with van der Waals surface area (Å²) in [6.07, 6.45) is -0.710. The van der Waals surface area contributed by atoms with Gasteiger partial charge in [-0.15, -0.1) is 0 Å². The van der Waals surface area contributed by atoms with Crippen LogP contribution in [0.3, 0.4) is 0 Å². The fourth-order valence-corrected chi connectivity index (χ4v) is 1.01. The van der Waals surface area contributed by atoms with E-state index in [2.05, 4.69) is 17.4 Å². The Kier molecular flexibility index (Phi) is 3.64. The molecule has 0 saturated heterocycles. The monoisotopic (exact) mass is 198 g/mol. The smallest absolute Gasteiger partial charge is 0.437 e. The maximum absolute atomic E-state index is 10.7. The van der Waals surface area contributed by atoms with Gasteiger partial charge in [-0.25, -0.2) is 4.79 Å². The Morgan fingerprint density at radius 3 is 2.46 bits per heavy atom. The number of rotatable bonds is 2. The van der Waals surface area contributed by atoms with Crippen molar-refractivity contribution in [3.63, 3.8) is 0 Å². The van der Waals surface area contributed by atoms with Crippen LogP contribution in [-0.4, -0.2) is 13.3 Å². The van der Waals surface area contributed by atoms with Gasteiger partial charge in [0.05, 0.1) is 7.11 Å². The Hall–Kier alpha value is -1.16. The normalized spacial score (nSPS) is 9.38. The molecule has 0 unspecified atom stereocenters. The van der Waals surface area contributed by atoms with Crippen LogP contribution in [0.1, 0.15) is 5.56 Å². The molecule has 0 fully saturated rings. The second kappa shape index (κ2) is 4.77. The lowest BCUT2D eigenvalue weighted by Gasteiger charge is -2.02. The van der Waals surface area contributed by atoms with E-state index in [4.69, 9.17) is 4.74 Å². The summed E-state index contributed by atoms with van der Waals surface area (Å²) < 4.78 is 9.11. The third-order valence-corrected chi connectivity index (χ3v) is 1.84. The number of hydrogen-bond acceptors (Lipinski definition) is 4. The van der Waals surface area contributed by atoms with Crippen molar-refractivity contribution < 1.29 is 14.3 Å². The Labute approximate surface area is 82.1 Å². The van der Waals surface area contributed by atoms with E-state index in [-0.39, 0.29) is 0 Å². The molecule has 0 N–H and O–H groups in total. The molecule has 4 heteroatoms. The molecule has 1 aromatic carbocycles. The highest BCUT2D eigenvalue weighted by Gasteiger charge is 2.01. The zero-order valence-electron chi connectivity index (χ0n) is 7.19. The number of carbonyl (C=O) groups is 1. The SMILES string of the molecule is COC(=O)Oc1ccc(CS)cc1. The molecule has 70 valence electrons. The summed E-state index contributed by atoms with van der Waals surface area (Å²) in [5, 5.41) is 0. The van der Waals surface area contributed by atoms with Gasteiger partial charge in [0.1, 0.15) is 5.75 Å².